The van der Waals surface area contributed by atoms with Gasteiger partial charge in [0.05, 0.1) is 0 Å². The van der Waals surface area contributed by atoms with Gasteiger partial charge in [-0.1, -0.05) is 76.6 Å². The fraction of sp³-hybridized carbons (Fsp3) is 0.750. The summed E-state index contributed by atoms with van der Waals surface area (Å²) in [6.45, 7) is 19.6. The van der Waals surface area contributed by atoms with Gasteiger partial charge in [-0.15, -0.1) is 46.4 Å². The summed E-state index contributed by atoms with van der Waals surface area (Å²) in [6, 6.07) is -2.85. The van der Waals surface area contributed by atoms with E-state index in [2.05, 4.69) is 61.9 Å². The van der Waals surface area contributed by atoms with Crippen molar-refractivity contribution >= 4 is 55.7 Å². The molecule has 1 unspecified atom stereocenters. The van der Waals surface area contributed by atoms with Gasteiger partial charge < -0.3 is 4.23 Å². The number of hydrogen-bond donors (Lipinski definition) is 0. The molecule has 0 saturated carbocycles. The molecule has 0 bridgehead atoms. The summed E-state index contributed by atoms with van der Waals surface area (Å²) in [5.41, 5.74) is 4.29. The molecular formula is C16H34Cl3NSi3. The summed E-state index contributed by atoms with van der Waals surface area (Å²) in [5, 5.41) is 0. The van der Waals surface area contributed by atoms with Crippen molar-refractivity contribution in [3.8, 4) is 0 Å². The number of halogens is 3. The average Bonchev–Trinajstić information content (AvgIpc) is 2.44. The van der Waals surface area contributed by atoms with E-state index in [0.29, 0.717) is 0 Å². The molecule has 136 valence electrons. The minimum Gasteiger partial charge on any atom is -0.336 e. The lowest BCUT2D eigenvalue weighted by molar-refractivity contribution is 0.492. The Kier molecular flexibility index (Phi) is 10.6. The van der Waals surface area contributed by atoms with Crippen LogP contribution >= 0.6 is 33.2 Å². The van der Waals surface area contributed by atoms with Crippen LogP contribution in [-0.2, 0) is 0 Å². The summed E-state index contributed by atoms with van der Waals surface area (Å²) in [6.07, 6.45) is 7.14. The zero-order valence-electron chi connectivity index (χ0n) is 15.5. The number of rotatable bonds is 12. The Bertz CT molecular complexity index is 361. The molecule has 1 atom stereocenters. The maximum Gasteiger partial charge on any atom is 0.356 e. The van der Waals surface area contributed by atoms with Crippen LogP contribution in [0, 0.1) is 0 Å². The lowest BCUT2D eigenvalue weighted by Crippen LogP contribution is -2.68. The highest BCUT2D eigenvalue weighted by atomic mass is 35.8. The van der Waals surface area contributed by atoms with Gasteiger partial charge >= 0.3 is 6.00 Å². The second-order valence-corrected chi connectivity index (χ2v) is 25.0. The second kappa shape index (κ2) is 10.2. The monoisotopic (exact) mass is 429 g/mol. The van der Waals surface area contributed by atoms with Gasteiger partial charge in [0.15, 0.2) is 0 Å². The van der Waals surface area contributed by atoms with Crippen LogP contribution in [0.2, 0.25) is 26.2 Å². The predicted octanol–water partition coefficient (Wildman–Crippen LogP) is 7.07. The van der Waals surface area contributed by atoms with Crippen LogP contribution < -0.4 is 0 Å². The van der Waals surface area contributed by atoms with Gasteiger partial charge in [0.1, 0.15) is 16.5 Å². The van der Waals surface area contributed by atoms with Crippen LogP contribution in [0.15, 0.2) is 24.6 Å². The molecule has 0 amide bonds. The highest BCUT2D eigenvalue weighted by Gasteiger charge is 2.50. The van der Waals surface area contributed by atoms with Gasteiger partial charge in [-0.3, -0.25) is 0 Å². The summed E-state index contributed by atoms with van der Waals surface area (Å²) in [5.74, 6) is 0. The minimum atomic E-state index is -2.85. The number of hydrogen-bond acceptors (Lipinski definition) is 1. The van der Waals surface area contributed by atoms with E-state index < -0.39 is 22.5 Å². The van der Waals surface area contributed by atoms with Crippen LogP contribution in [0.1, 0.15) is 45.4 Å². The number of nitrogens with zero attached hydrogens (tertiary/aromatic N) is 1. The van der Waals surface area contributed by atoms with Gasteiger partial charge in [-0.2, -0.15) is 0 Å². The molecule has 7 heteroatoms. The smallest absolute Gasteiger partial charge is 0.336 e. The Morgan fingerprint density at radius 1 is 0.870 bits per heavy atom. The maximum atomic E-state index is 6.56. The van der Waals surface area contributed by atoms with E-state index in [1.165, 1.54) is 25.7 Å². The first-order chi connectivity index (χ1) is 10.4. The predicted molar refractivity (Wildman–Crippen MR) is 118 cm³/mol. The molecule has 0 rings (SSSR count). The van der Waals surface area contributed by atoms with Crippen molar-refractivity contribution in [1.82, 2.24) is 4.23 Å². The summed E-state index contributed by atoms with van der Waals surface area (Å²) in [7, 11) is -3.68. The Morgan fingerprint density at radius 2 is 1.30 bits per heavy atom. The lowest BCUT2D eigenvalue weighted by Gasteiger charge is -2.50. The van der Waals surface area contributed by atoms with E-state index in [4.69, 9.17) is 33.2 Å². The quantitative estimate of drug-likeness (QED) is 0.182. The normalized spacial score (nSPS) is 14.8. The minimum absolute atomic E-state index is 0.0634. The molecule has 0 aromatic heterocycles. The fourth-order valence-electron chi connectivity index (χ4n) is 3.12. The van der Waals surface area contributed by atoms with Crippen molar-refractivity contribution in [1.29, 1.82) is 0 Å². The van der Waals surface area contributed by atoms with Crippen molar-refractivity contribution in [3.63, 3.8) is 0 Å². The molecular weight excluding hydrogens is 397 g/mol. The Morgan fingerprint density at radius 3 is 1.65 bits per heavy atom. The standard InChI is InChI=1S/C16H34Cl3NSi3/c1-8-11-12-13-14-15-16(23(17,18)19)20(21(4,5)9-2)22(6,7)10-3/h9-10,16H,2-3,8,11-15H2,1,4-7H3. The van der Waals surface area contributed by atoms with Crippen molar-refractivity contribution in [2.24, 2.45) is 0 Å². The lowest BCUT2D eigenvalue weighted by atomic mass is 10.1. The molecule has 0 aromatic carbocycles. The second-order valence-electron chi connectivity index (χ2n) is 7.35. The molecule has 0 aliphatic rings. The largest absolute Gasteiger partial charge is 0.356 e. The maximum absolute atomic E-state index is 6.56. The molecule has 23 heavy (non-hydrogen) atoms. The Hall–Kier alpha value is 0.961. The number of unbranched alkanes of at least 4 members (excludes halogenated alkanes) is 4. The molecule has 0 fully saturated rings. The van der Waals surface area contributed by atoms with Crippen LogP contribution in [0.3, 0.4) is 0 Å². The third-order valence-corrected chi connectivity index (χ3v) is 17.2. The molecule has 0 aromatic rings. The average molecular weight is 431 g/mol. The van der Waals surface area contributed by atoms with Crippen molar-refractivity contribution < 1.29 is 0 Å². The molecule has 0 aliphatic carbocycles. The van der Waals surface area contributed by atoms with Gasteiger partial charge in [-0.25, -0.2) is 0 Å². The SMILES string of the molecule is C=C[Si](C)(C)N(C(CCCCCCC)[Si](Cl)(Cl)Cl)[Si](C)(C)C=C. The summed E-state index contributed by atoms with van der Waals surface area (Å²) in [4.78, 5) is 0. The molecule has 0 spiro atoms. The third-order valence-electron chi connectivity index (χ3n) is 4.51. The van der Waals surface area contributed by atoms with E-state index in [0.717, 1.165) is 12.8 Å². The van der Waals surface area contributed by atoms with E-state index in [1.807, 2.05) is 0 Å². The van der Waals surface area contributed by atoms with Gasteiger partial charge in [-0.05, 0) is 6.42 Å². The van der Waals surface area contributed by atoms with Crippen molar-refractivity contribution in [3.05, 3.63) is 24.6 Å². The van der Waals surface area contributed by atoms with Gasteiger partial charge in [0.25, 0.3) is 0 Å². The van der Waals surface area contributed by atoms with E-state index in [1.54, 1.807) is 0 Å². The van der Waals surface area contributed by atoms with Crippen LogP contribution in [-0.4, -0.2) is 32.4 Å². The van der Waals surface area contributed by atoms with Crippen LogP contribution in [0.5, 0.6) is 0 Å². The summed E-state index contributed by atoms with van der Waals surface area (Å²) >= 11 is 19.7. The van der Waals surface area contributed by atoms with E-state index in [9.17, 15) is 0 Å². The van der Waals surface area contributed by atoms with E-state index in [-0.39, 0.29) is 5.67 Å². The first-order valence-corrected chi connectivity index (χ1v) is 19.7. The topological polar surface area (TPSA) is 3.24 Å². The first-order valence-electron chi connectivity index (χ1n) is 8.57. The highest BCUT2D eigenvalue weighted by molar-refractivity contribution is 7.65. The van der Waals surface area contributed by atoms with Crippen molar-refractivity contribution in [2.45, 2.75) is 77.3 Å². The molecule has 0 N–H and O–H groups in total. The summed E-state index contributed by atoms with van der Waals surface area (Å²) < 4.78 is 2.58. The zero-order valence-corrected chi connectivity index (χ0v) is 20.7. The van der Waals surface area contributed by atoms with E-state index >= 15 is 0 Å². The Balaban J connectivity index is 5.42. The fourth-order valence-corrected chi connectivity index (χ4v) is 19.2. The van der Waals surface area contributed by atoms with Crippen molar-refractivity contribution in [2.75, 3.05) is 0 Å². The third kappa shape index (κ3) is 7.80. The van der Waals surface area contributed by atoms with Gasteiger partial charge in [0.2, 0.25) is 0 Å². The molecule has 0 heterocycles. The highest BCUT2D eigenvalue weighted by Crippen LogP contribution is 2.37. The molecule has 0 radical (unpaired) electrons. The molecule has 0 saturated heterocycles. The van der Waals surface area contributed by atoms with Crippen LogP contribution in [0.4, 0.5) is 0 Å². The molecule has 1 nitrogen and oxygen atoms in total. The zero-order chi connectivity index (χ0) is 18.3. The first kappa shape index (κ1) is 24.0. The molecule has 0 aliphatic heterocycles. The Labute approximate surface area is 161 Å². The van der Waals surface area contributed by atoms with Crippen LogP contribution in [0.25, 0.3) is 0 Å². The van der Waals surface area contributed by atoms with Gasteiger partial charge in [0, 0.05) is 5.67 Å².